The number of hydrogen-bond donors (Lipinski definition) is 1. The highest BCUT2D eigenvalue weighted by atomic mass is 35.5. The summed E-state index contributed by atoms with van der Waals surface area (Å²) in [6.07, 6.45) is 4.68. The first-order valence-electron chi connectivity index (χ1n) is 8.60. The number of para-hydroxylation sites is 2. The van der Waals surface area contributed by atoms with Crippen molar-refractivity contribution >= 4 is 23.5 Å². The fraction of sp³-hybridized carbons (Fsp3) is 0.350. The normalized spacial score (nSPS) is 20.4. The number of aromatic nitrogens is 1. The number of oxazole rings is 1. The van der Waals surface area contributed by atoms with Crippen LogP contribution in [0.4, 0.5) is 0 Å². The van der Waals surface area contributed by atoms with Crippen molar-refractivity contribution in [1.29, 1.82) is 0 Å². The fourth-order valence-electron chi connectivity index (χ4n) is 3.29. The summed E-state index contributed by atoms with van der Waals surface area (Å²) in [7, 11) is 0. The van der Waals surface area contributed by atoms with Gasteiger partial charge in [-0.1, -0.05) is 24.3 Å². The van der Waals surface area contributed by atoms with E-state index in [1.54, 1.807) is 0 Å². The lowest BCUT2D eigenvalue weighted by Gasteiger charge is -2.26. The molecular weight excluding hydrogens is 336 g/mol. The molecule has 1 aliphatic rings. The fourth-order valence-corrected chi connectivity index (χ4v) is 3.29. The molecule has 1 fully saturated rings. The molecule has 2 atom stereocenters. The van der Waals surface area contributed by atoms with Gasteiger partial charge in [-0.15, -0.1) is 12.4 Å². The van der Waals surface area contributed by atoms with Gasteiger partial charge in [0.05, 0.1) is 12.7 Å². The molecule has 25 heavy (non-hydrogen) atoms. The van der Waals surface area contributed by atoms with E-state index >= 15 is 0 Å². The lowest BCUT2D eigenvalue weighted by Crippen LogP contribution is -2.32. The van der Waals surface area contributed by atoms with E-state index in [0.717, 1.165) is 41.5 Å². The Labute approximate surface area is 153 Å². The summed E-state index contributed by atoms with van der Waals surface area (Å²) in [5.74, 6) is 0.655. The van der Waals surface area contributed by atoms with Crippen LogP contribution in [0.15, 0.2) is 52.9 Å². The number of nitrogens with two attached hydrogens (primary N) is 1. The second-order valence-electron chi connectivity index (χ2n) is 6.54. The van der Waals surface area contributed by atoms with Gasteiger partial charge in [-0.2, -0.15) is 0 Å². The summed E-state index contributed by atoms with van der Waals surface area (Å²) in [6.45, 7) is 0.630. The number of hydrogen-bond acceptors (Lipinski definition) is 4. The Bertz CT molecular complexity index is 783. The maximum Gasteiger partial charge on any atom is 0.227 e. The smallest absolute Gasteiger partial charge is 0.227 e. The topological polar surface area (TPSA) is 61.3 Å². The van der Waals surface area contributed by atoms with E-state index in [-0.39, 0.29) is 12.4 Å². The summed E-state index contributed by atoms with van der Waals surface area (Å²) >= 11 is 0. The summed E-state index contributed by atoms with van der Waals surface area (Å²) in [5, 5.41) is 0. The first-order valence-corrected chi connectivity index (χ1v) is 8.60. The molecule has 1 aromatic heterocycles. The molecule has 1 aliphatic carbocycles. The standard InChI is InChI=1S/C20H22N2O2.ClH/c21-16-4-3-5-17(12-16)23-13-14-8-10-15(11-9-14)20-22-18-6-1-2-7-19(18)24-20;/h1-2,6-11,16-17H,3-5,12-13,21H2;1H. The first kappa shape index (κ1) is 17.9. The Hall–Kier alpha value is -1.88. The van der Waals surface area contributed by atoms with Crippen molar-refractivity contribution in [3.05, 3.63) is 54.1 Å². The number of halogens is 1. The van der Waals surface area contributed by atoms with E-state index in [2.05, 4.69) is 17.1 Å². The lowest BCUT2D eigenvalue weighted by molar-refractivity contribution is 0.0123. The Morgan fingerprint density at radius 1 is 1.08 bits per heavy atom. The zero-order valence-corrected chi connectivity index (χ0v) is 14.9. The van der Waals surface area contributed by atoms with E-state index < -0.39 is 0 Å². The van der Waals surface area contributed by atoms with Gasteiger partial charge in [0.15, 0.2) is 5.58 Å². The lowest BCUT2D eigenvalue weighted by atomic mass is 9.93. The Morgan fingerprint density at radius 2 is 1.88 bits per heavy atom. The van der Waals surface area contributed by atoms with Crippen LogP contribution in [0.2, 0.25) is 0 Å². The number of fused-ring (bicyclic) bond motifs is 1. The van der Waals surface area contributed by atoms with Crippen LogP contribution in [0.1, 0.15) is 31.2 Å². The van der Waals surface area contributed by atoms with E-state index in [0.29, 0.717) is 24.6 Å². The largest absolute Gasteiger partial charge is 0.436 e. The quantitative estimate of drug-likeness (QED) is 0.734. The molecule has 132 valence electrons. The Morgan fingerprint density at radius 3 is 2.64 bits per heavy atom. The van der Waals surface area contributed by atoms with Gasteiger partial charge in [0.25, 0.3) is 0 Å². The van der Waals surface area contributed by atoms with Gasteiger partial charge < -0.3 is 14.9 Å². The average Bonchev–Trinajstić information content (AvgIpc) is 3.05. The molecule has 0 saturated heterocycles. The molecule has 2 aromatic carbocycles. The molecule has 0 aliphatic heterocycles. The van der Waals surface area contributed by atoms with Crippen LogP contribution in [0.25, 0.3) is 22.6 Å². The predicted octanol–water partition coefficient (Wildman–Crippen LogP) is 4.70. The highest BCUT2D eigenvalue weighted by Gasteiger charge is 2.19. The van der Waals surface area contributed by atoms with Crippen LogP contribution in [-0.4, -0.2) is 17.1 Å². The Kier molecular flexibility index (Phi) is 5.74. The molecule has 1 heterocycles. The molecule has 4 nitrogen and oxygen atoms in total. The van der Waals surface area contributed by atoms with Gasteiger partial charge in [-0.05, 0) is 55.5 Å². The van der Waals surface area contributed by atoms with Crippen LogP contribution in [0, 0.1) is 0 Å². The zero-order valence-electron chi connectivity index (χ0n) is 14.1. The minimum absolute atomic E-state index is 0. The number of benzene rings is 2. The van der Waals surface area contributed by atoms with E-state index in [4.69, 9.17) is 14.9 Å². The molecule has 2 unspecified atom stereocenters. The monoisotopic (exact) mass is 358 g/mol. The van der Waals surface area contributed by atoms with Crippen LogP contribution < -0.4 is 5.73 Å². The molecule has 0 bridgehead atoms. The molecule has 0 amide bonds. The van der Waals surface area contributed by atoms with E-state index in [1.165, 1.54) is 6.42 Å². The highest BCUT2D eigenvalue weighted by molar-refractivity contribution is 5.85. The molecule has 0 radical (unpaired) electrons. The van der Waals surface area contributed by atoms with Gasteiger partial charge in [0, 0.05) is 11.6 Å². The summed E-state index contributed by atoms with van der Waals surface area (Å²) in [6, 6.07) is 16.3. The number of nitrogens with zero attached hydrogens (tertiary/aromatic N) is 1. The Balaban J connectivity index is 0.00000182. The van der Waals surface area contributed by atoms with Crippen LogP contribution in [0.5, 0.6) is 0 Å². The van der Waals surface area contributed by atoms with Crippen molar-refractivity contribution in [3.8, 4) is 11.5 Å². The van der Waals surface area contributed by atoms with Crippen molar-refractivity contribution in [2.24, 2.45) is 5.73 Å². The predicted molar refractivity (Wildman–Crippen MR) is 102 cm³/mol. The molecule has 0 spiro atoms. The van der Waals surface area contributed by atoms with E-state index in [9.17, 15) is 0 Å². The average molecular weight is 359 g/mol. The van der Waals surface area contributed by atoms with Crippen LogP contribution in [-0.2, 0) is 11.3 Å². The van der Waals surface area contributed by atoms with Crippen LogP contribution >= 0.6 is 12.4 Å². The molecule has 4 rings (SSSR count). The third-order valence-corrected chi connectivity index (χ3v) is 4.65. The second-order valence-corrected chi connectivity index (χ2v) is 6.54. The second kappa shape index (κ2) is 8.00. The third kappa shape index (κ3) is 4.21. The molecular formula is C20H23ClN2O2. The van der Waals surface area contributed by atoms with Gasteiger partial charge in [0.2, 0.25) is 5.89 Å². The van der Waals surface area contributed by atoms with Gasteiger partial charge in [0.1, 0.15) is 5.52 Å². The summed E-state index contributed by atoms with van der Waals surface area (Å²) < 4.78 is 11.8. The van der Waals surface area contributed by atoms with Crippen LogP contribution in [0.3, 0.4) is 0 Å². The summed E-state index contributed by atoms with van der Waals surface area (Å²) in [4.78, 5) is 4.53. The van der Waals surface area contributed by atoms with Gasteiger partial charge >= 0.3 is 0 Å². The van der Waals surface area contributed by atoms with Gasteiger partial charge in [-0.25, -0.2) is 4.98 Å². The first-order chi connectivity index (χ1) is 11.8. The molecule has 5 heteroatoms. The van der Waals surface area contributed by atoms with Crippen molar-refractivity contribution in [2.75, 3.05) is 0 Å². The minimum Gasteiger partial charge on any atom is -0.436 e. The van der Waals surface area contributed by atoms with Gasteiger partial charge in [-0.3, -0.25) is 0 Å². The van der Waals surface area contributed by atoms with Crippen molar-refractivity contribution in [2.45, 2.75) is 44.4 Å². The number of ether oxygens (including phenoxy) is 1. The zero-order chi connectivity index (χ0) is 16.4. The van der Waals surface area contributed by atoms with Crippen molar-refractivity contribution < 1.29 is 9.15 Å². The summed E-state index contributed by atoms with van der Waals surface area (Å²) in [5.41, 5.74) is 9.85. The van der Waals surface area contributed by atoms with Crippen molar-refractivity contribution in [1.82, 2.24) is 4.98 Å². The molecule has 3 aromatic rings. The van der Waals surface area contributed by atoms with Crippen molar-refractivity contribution in [3.63, 3.8) is 0 Å². The highest BCUT2D eigenvalue weighted by Crippen LogP contribution is 2.25. The minimum atomic E-state index is 0. The van der Waals surface area contributed by atoms with E-state index in [1.807, 2.05) is 36.4 Å². The SMILES string of the molecule is Cl.NC1CCCC(OCc2ccc(-c3nc4ccccc4o3)cc2)C1. The molecule has 1 saturated carbocycles. The number of rotatable bonds is 4. The molecule has 2 N–H and O–H groups in total. The maximum absolute atomic E-state index is 6.01. The maximum atomic E-state index is 6.01. The third-order valence-electron chi connectivity index (χ3n) is 4.65.